The van der Waals surface area contributed by atoms with E-state index in [9.17, 15) is 0 Å². The van der Waals surface area contributed by atoms with Crippen LogP contribution < -0.4 is 10.6 Å². The Labute approximate surface area is 228 Å². The van der Waals surface area contributed by atoms with Crippen molar-refractivity contribution in [2.45, 2.75) is 31.9 Å². The molecule has 0 amide bonds. The first-order valence-corrected chi connectivity index (χ1v) is 13.1. The maximum Gasteiger partial charge on any atom is 0.137 e. The van der Waals surface area contributed by atoms with Crippen molar-refractivity contribution in [3.63, 3.8) is 0 Å². The molecule has 6 aromatic heterocycles. The largest absolute Gasteiger partial charge is 0.373 e. The summed E-state index contributed by atoms with van der Waals surface area (Å²) in [7, 11) is 0. The molecule has 0 aromatic carbocycles. The van der Waals surface area contributed by atoms with E-state index in [0.717, 1.165) is 74.7 Å². The SMILES string of the molecule is CCNc1ncc(C2CC(Nc3nccc4[nH]nc(-c5ccncn5)c34)CCO2)c2n[nH]c(-c3ccncn3)c12. The second-order valence-electron chi connectivity index (χ2n) is 9.48. The molecule has 7 rings (SSSR count). The van der Waals surface area contributed by atoms with Gasteiger partial charge in [-0.1, -0.05) is 0 Å². The van der Waals surface area contributed by atoms with Crippen LogP contribution in [0.15, 0.2) is 55.6 Å². The van der Waals surface area contributed by atoms with E-state index in [-0.39, 0.29) is 12.1 Å². The van der Waals surface area contributed by atoms with Gasteiger partial charge >= 0.3 is 0 Å². The Kier molecular flexibility index (Phi) is 6.17. The van der Waals surface area contributed by atoms with Crippen LogP contribution in [0, 0.1) is 0 Å². The van der Waals surface area contributed by atoms with Crippen LogP contribution >= 0.6 is 0 Å². The van der Waals surface area contributed by atoms with Gasteiger partial charge in [0, 0.05) is 49.5 Å². The van der Waals surface area contributed by atoms with Crippen molar-refractivity contribution in [1.82, 2.24) is 50.3 Å². The Bertz CT molecular complexity index is 1770. The fourth-order valence-corrected chi connectivity index (χ4v) is 5.23. The normalized spacial score (nSPS) is 17.3. The third-order valence-corrected chi connectivity index (χ3v) is 7.06. The van der Waals surface area contributed by atoms with Crippen molar-refractivity contribution in [1.29, 1.82) is 0 Å². The Balaban J connectivity index is 1.22. The third-order valence-electron chi connectivity index (χ3n) is 7.06. The topological polar surface area (TPSA) is 168 Å². The molecule has 13 heteroatoms. The van der Waals surface area contributed by atoms with Crippen molar-refractivity contribution in [3.05, 3.63) is 61.2 Å². The summed E-state index contributed by atoms with van der Waals surface area (Å²) in [5.41, 5.74) is 5.63. The molecule has 1 aliphatic rings. The summed E-state index contributed by atoms with van der Waals surface area (Å²) in [6, 6.07) is 5.71. The van der Waals surface area contributed by atoms with E-state index in [1.807, 2.05) is 31.3 Å². The minimum Gasteiger partial charge on any atom is -0.373 e. The summed E-state index contributed by atoms with van der Waals surface area (Å²) >= 11 is 0. The molecular formula is C27H26N12O. The van der Waals surface area contributed by atoms with Gasteiger partial charge in [-0.2, -0.15) is 10.2 Å². The molecule has 200 valence electrons. The summed E-state index contributed by atoms with van der Waals surface area (Å²) in [5, 5.41) is 24.3. The summed E-state index contributed by atoms with van der Waals surface area (Å²) < 4.78 is 6.28. The van der Waals surface area contributed by atoms with Gasteiger partial charge in [0.1, 0.15) is 35.5 Å². The number of pyridine rings is 2. The van der Waals surface area contributed by atoms with E-state index in [4.69, 9.17) is 14.8 Å². The first kappa shape index (κ1) is 24.0. The standard InChI is InChI=1S/C27H26N12O/c1-2-30-26-22-23(37-39-25(22)19-4-8-29-14-34-19)16(12-32-26)20-11-15(6-10-40-20)35-27-21-17(5-9-31-27)36-38-24(21)18-3-7-28-13-33-18/h3-5,7-9,12-15,20H,2,6,10-11H2,1H3,(H,30,32)(H,31,35)(H,36,38)(H,37,39). The smallest absolute Gasteiger partial charge is 0.137 e. The molecule has 6 aromatic rings. The van der Waals surface area contributed by atoms with Gasteiger partial charge in [0.2, 0.25) is 0 Å². The molecule has 2 unspecified atom stereocenters. The predicted octanol–water partition coefficient (Wildman–Crippen LogP) is 3.91. The quantitative estimate of drug-likeness (QED) is 0.234. The highest BCUT2D eigenvalue weighted by atomic mass is 16.5. The van der Waals surface area contributed by atoms with Crippen LogP contribution in [0.25, 0.3) is 44.6 Å². The van der Waals surface area contributed by atoms with Crippen molar-refractivity contribution in [2.24, 2.45) is 0 Å². The zero-order valence-electron chi connectivity index (χ0n) is 21.7. The lowest BCUT2D eigenvalue weighted by Crippen LogP contribution is -2.30. The van der Waals surface area contributed by atoms with E-state index in [2.05, 4.69) is 50.8 Å². The molecule has 1 saturated heterocycles. The number of rotatable bonds is 7. The van der Waals surface area contributed by atoms with Gasteiger partial charge in [-0.05, 0) is 38.0 Å². The number of hydrogen-bond acceptors (Lipinski definition) is 11. The van der Waals surface area contributed by atoms with Gasteiger partial charge in [0.15, 0.2) is 0 Å². The lowest BCUT2D eigenvalue weighted by Gasteiger charge is -2.31. The van der Waals surface area contributed by atoms with Crippen LogP contribution in [-0.4, -0.2) is 69.5 Å². The maximum atomic E-state index is 6.28. The number of fused-ring (bicyclic) bond motifs is 2. The number of aromatic nitrogens is 10. The van der Waals surface area contributed by atoms with Crippen LogP contribution in [-0.2, 0) is 4.74 Å². The van der Waals surface area contributed by atoms with Gasteiger partial charge < -0.3 is 15.4 Å². The zero-order valence-corrected chi connectivity index (χ0v) is 21.7. The third kappa shape index (κ3) is 4.25. The number of aromatic amines is 2. The highest BCUT2D eigenvalue weighted by Crippen LogP contribution is 2.38. The maximum absolute atomic E-state index is 6.28. The summed E-state index contributed by atoms with van der Waals surface area (Å²) in [4.78, 5) is 26.3. The average molecular weight is 535 g/mol. The molecule has 0 radical (unpaired) electrons. The molecule has 2 atom stereocenters. The Hall–Kier alpha value is -5.04. The number of nitrogens with one attached hydrogen (secondary N) is 4. The van der Waals surface area contributed by atoms with Gasteiger partial charge in [-0.25, -0.2) is 29.9 Å². The molecule has 0 spiro atoms. The summed E-state index contributed by atoms with van der Waals surface area (Å²) in [6.45, 7) is 3.35. The van der Waals surface area contributed by atoms with Crippen LogP contribution in [0.4, 0.5) is 11.6 Å². The second-order valence-corrected chi connectivity index (χ2v) is 9.48. The minimum atomic E-state index is -0.205. The van der Waals surface area contributed by atoms with Gasteiger partial charge in [-0.3, -0.25) is 10.2 Å². The Morgan fingerprint density at radius 2 is 1.75 bits per heavy atom. The van der Waals surface area contributed by atoms with Crippen molar-refractivity contribution < 1.29 is 4.74 Å². The lowest BCUT2D eigenvalue weighted by molar-refractivity contribution is 0.0104. The van der Waals surface area contributed by atoms with Crippen molar-refractivity contribution >= 4 is 33.4 Å². The monoisotopic (exact) mass is 534 g/mol. The Morgan fingerprint density at radius 1 is 0.900 bits per heavy atom. The van der Waals surface area contributed by atoms with Crippen LogP contribution in [0.3, 0.4) is 0 Å². The van der Waals surface area contributed by atoms with Crippen LogP contribution in [0.2, 0.25) is 0 Å². The number of anilines is 2. The highest BCUT2D eigenvalue weighted by molar-refractivity contribution is 6.01. The molecule has 0 aliphatic carbocycles. The first-order chi connectivity index (χ1) is 19.8. The molecule has 7 heterocycles. The lowest BCUT2D eigenvalue weighted by atomic mass is 9.96. The molecule has 40 heavy (non-hydrogen) atoms. The molecule has 1 aliphatic heterocycles. The molecule has 0 saturated carbocycles. The zero-order chi connectivity index (χ0) is 26.9. The van der Waals surface area contributed by atoms with Crippen molar-refractivity contribution in [2.75, 3.05) is 23.8 Å². The van der Waals surface area contributed by atoms with Gasteiger partial charge in [0.05, 0.1) is 39.5 Å². The molecule has 4 N–H and O–H groups in total. The molecule has 1 fully saturated rings. The first-order valence-electron chi connectivity index (χ1n) is 13.1. The van der Waals surface area contributed by atoms with E-state index in [0.29, 0.717) is 13.0 Å². The van der Waals surface area contributed by atoms with Crippen LogP contribution in [0.1, 0.15) is 31.4 Å². The van der Waals surface area contributed by atoms with E-state index < -0.39 is 0 Å². The molecular weight excluding hydrogens is 508 g/mol. The summed E-state index contributed by atoms with van der Waals surface area (Å²) in [5.74, 6) is 1.50. The fraction of sp³-hybridized carbons (Fsp3) is 0.259. The fourth-order valence-electron chi connectivity index (χ4n) is 5.23. The predicted molar refractivity (Wildman–Crippen MR) is 149 cm³/mol. The number of nitrogens with zero attached hydrogens (tertiary/aromatic N) is 8. The average Bonchev–Trinajstić information content (AvgIpc) is 3.65. The van der Waals surface area contributed by atoms with Crippen molar-refractivity contribution in [3.8, 4) is 22.8 Å². The van der Waals surface area contributed by atoms with Gasteiger partial charge in [-0.15, -0.1) is 0 Å². The minimum absolute atomic E-state index is 0.105. The molecule has 13 nitrogen and oxygen atoms in total. The highest BCUT2D eigenvalue weighted by Gasteiger charge is 2.29. The second kappa shape index (κ2) is 10.3. The van der Waals surface area contributed by atoms with E-state index >= 15 is 0 Å². The van der Waals surface area contributed by atoms with Crippen LogP contribution in [0.5, 0.6) is 0 Å². The number of ether oxygens (including phenoxy) is 1. The van der Waals surface area contributed by atoms with Gasteiger partial charge in [0.25, 0.3) is 0 Å². The number of hydrogen-bond donors (Lipinski definition) is 4. The number of H-pyrrole nitrogens is 2. The summed E-state index contributed by atoms with van der Waals surface area (Å²) in [6.07, 6.45) is 11.4. The van der Waals surface area contributed by atoms with E-state index in [1.165, 1.54) is 12.7 Å². The molecule has 0 bridgehead atoms. The Morgan fingerprint density at radius 3 is 2.55 bits per heavy atom. The van der Waals surface area contributed by atoms with E-state index in [1.54, 1.807) is 18.6 Å².